The Morgan fingerprint density at radius 2 is 2.00 bits per heavy atom. The lowest BCUT2D eigenvalue weighted by Gasteiger charge is -2.24. The standard InChI is InChI=1S/C20H23N5OS/c1-14-6-4-7-15(12-14)17(25(2)3)19(26)23-11-8-16-13-27-20(24-16)18-21-9-5-10-22-18/h4-7,9-10,12-13,17H,8,11H2,1-3H3,(H,23,26). The van der Waals surface area contributed by atoms with E-state index in [0.717, 1.165) is 21.8 Å². The average molecular weight is 382 g/mol. The van der Waals surface area contributed by atoms with Gasteiger partial charge in [-0.05, 0) is 32.6 Å². The molecule has 1 atom stereocenters. The lowest BCUT2D eigenvalue weighted by molar-refractivity contribution is -0.125. The molecular formula is C20H23N5OS. The van der Waals surface area contributed by atoms with Gasteiger partial charge in [-0.25, -0.2) is 15.0 Å². The van der Waals surface area contributed by atoms with E-state index in [0.29, 0.717) is 18.8 Å². The number of nitrogens with one attached hydrogen (secondary N) is 1. The molecule has 27 heavy (non-hydrogen) atoms. The van der Waals surface area contributed by atoms with Crippen LogP contribution in [0.5, 0.6) is 0 Å². The average Bonchev–Trinajstić information content (AvgIpc) is 3.11. The molecule has 0 spiro atoms. The van der Waals surface area contributed by atoms with Gasteiger partial charge in [0, 0.05) is 30.7 Å². The van der Waals surface area contributed by atoms with Gasteiger partial charge in [0.1, 0.15) is 6.04 Å². The Balaban J connectivity index is 1.59. The van der Waals surface area contributed by atoms with Gasteiger partial charge in [-0.1, -0.05) is 29.8 Å². The van der Waals surface area contributed by atoms with Crippen LogP contribution in [0.3, 0.4) is 0 Å². The molecule has 0 aliphatic carbocycles. The largest absolute Gasteiger partial charge is 0.354 e. The van der Waals surface area contributed by atoms with Crippen LogP contribution >= 0.6 is 11.3 Å². The van der Waals surface area contributed by atoms with Crippen molar-refractivity contribution in [3.8, 4) is 10.8 Å². The molecule has 0 radical (unpaired) electrons. The van der Waals surface area contributed by atoms with E-state index in [-0.39, 0.29) is 11.9 Å². The van der Waals surface area contributed by atoms with Crippen LogP contribution in [0.1, 0.15) is 22.9 Å². The molecule has 2 heterocycles. The first-order valence-corrected chi connectivity index (χ1v) is 9.65. The lowest BCUT2D eigenvalue weighted by Crippen LogP contribution is -2.38. The van der Waals surface area contributed by atoms with Crippen molar-refractivity contribution < 1.29 is 4.79 Å². The number of likely N-dealkylation sites (N-methyl/N-ethyl adjacent to an activating group) is 1. The van der Waals surface area contributed by atoms with Crippen molar-refractivity contribution in [2.24, 2.45) is 0 Å². The molecule has 7 heteroatoms. The number of hydrogen-bond donors (Lipinski definition) is 1. The minimum Gasteiger partial charge on any atom is -0.354 e. The summed E-state index contributed by atoms with van der Waals surface area (Å²) in [6.07, 6.45) is 4.08. The van der Waals surface area contributed by atoms with E-state index in [9.17, 15) is 4.79 Å². The number of hydrogen-bond acceptors (Lipinski definition) is 6. The Kier molecular flexibility index (Phi) is 6.26. The number of aromatic nitrogens is 3. The fourth-order valence-corrected chi connectivity index (χ4v) is 3.67. The second kappa shape index (κ2) is 8.83. The van der Waals surface area contributed by atoms with Crippen LogP contribution in [0.15, 0.2) is 48.1 Å². The predicted molar refractivity (Wildman–Crippen MR) is 107 cm³/mol. The van der Waals surface area contributed by atoms with Gasteiger partial charge in [0.2, 0.25) is 5.91 Å². The SMILES string of the molecule is Cc1cccc(C(C(=O)NCCc2csc(-c3ncccn3)n2)N(C)C)c1. The van der Waals surface area contributed by atoms with E-state index in [2.05, 4.69) is 26.3 Å². The molecule has 0 saturated carbocycles. The number of carbonyl (C=O) groups is 1. The molecular weight excluding hydrogens is 358 g/mol. The first kappa shape index (κ1) is 19.1. The molecule has 1 aromatic carbocycles. The van der Waals surface area contributed by atoms with E-state index in [1.165, 1.54) is 11.3 Å². The third kappa shape index (κ3) is 4.96. The second-order valence-corrected chi connectivity index (χ2v) is 7.40. The van der Waals surface area contributed by atoms with Gasteiger partial charge in [-0.2, -0.15) is 0 Å². The number of nitrogens with zero attached hydrogens (tertiary/aromatic N) is 4. The maximum Gasteiger partial charge on any atom is 0.241 e. The second-order valence-electron chi connectivity index (χ2n) is 6.54. The highest BCUT2D eigenvalue weighted by Gasteiger charge is 2.22. The van der Waals surface area contributed by atoms with E-state index in [4.69, 9.17) is 0 Å². The third-order valence-corrected chi connectivity index (χ3v) is 5.00. The van der Waals surface area contributed by atoms with Crippen molar-refractivity contribution in [2.75, 3.05) is 20.6 Å². The van der Waals surface area contributed by atoms with Crippen molar-refractivity contribution >= 4 is 17.2 Å². The van der Waals surface area contributed by atoms with Crippen molar-refractivity contribution in [1.82, 2.24) is 25.2 Å². The zero-order valence-corrected chi connectivity index (χ0v) is 16.5. The maximum absolute atomic E-state index is 12.7. The molecule has 0 aliphatic rings. The van der Waals surface area contributed by atoms with Crippen molar-refractivity contribution in [1.29, 1.82) is 0 Å². The lowest BCUT2D eigenvalue weighted by atomic mass is 10.0. The van der Waals surface area contributed by atoms with Gasteiger partial charge < -0.3 is 5.32 Å². The minimum atomic E-state index is -0.311. The van der Waals surface area contributed by atoms with E-state index < -0.39 is 0 Å². The summed E-state index contributed by atoms with van der Waals surface area (Å²) >= 11 is 1.51. The molecule has 1 amide bonds. The quantitative estimate of drug-likeness (QED) is 0.681. The molecule has 1 N–H and O–H groups in total. The highest BCUT2D eigenvalue weighted by atomic mass is 32.1. The molecule has 3 rings (SSSR count). The van der Waals surface area contributed by atoms with Crippen LogP contribution in [-0.2, 0) is 11.2 Å². The summed E-state index contributed by atoms with van der Waals surface area (Å²) in [4.78, 5) is 27.6. The first-order chi connectivity index (χ1) is 13.0. The number of amides is 1. The van der Waals surface area contributed by atoms with Gasteiger partial charge in [-0.3, -0.25) is 9.69 Å². The summed E-state index contributed by atoms with van der Waals surface area (Å²) in [7, 11) is 3.83. The Labute approximate surface area is 163 Å². The highest BCUT2D eigenvalue weighted by molar-refractivity contribution is 7.13. The number of thiazole rings is 1. The smallest absolute Gasteiger partial charge is 0.241 e. The number of rotatable bonds is 7. The van der Waals surface area contributed by atoms with Crippen LogP contribution < -0.4 is 5.32 Å². The molecule has 140 valence electrons. The molecule has 6 nitrogen and oxygen atoms in total. The summed E-state index contributed by atoms with van der Waals surface area (Å²) in [5, 5.41) is 5.81. The van der Waals surface area contributed by atoms with Gasteiger partial charge in [0.25, 0.3) is 0 Å². The Hall–Kier alpha value is -2.64. The summed E-state index contributed by atoms with van der Waals surface area (Å²) in [5.74, 6) is 0.623. The fourth-order valence-electron chi connectivity index (χ4n) is 2.87. The van der Waals surface area contributed by atoms with E-state index >= 15 is 0 Å². The van der Waals surface area contributed by atoms with Crippen molar-refractivity contribution in [3.05, 3.63) is 64.9 Å². The molecule has 0 fully saturated rings. The van der Waals surface area contributed by atoms with Crippen molar-refractivity contribution in [3.63, 3.8) is 0 Å². The monoisotopic (exact) mass is 381 g/mol. The van der Waals surface area contributed by atoms with Gasteiger partial charge in [0.15, 0.2) is 10.8 Å². The van der Waals surface area contributed by atoms with Crippen LogP contribution in [0.4, 0.5) is 0 Å². The molecule has 0 bridgehead atoms. The molecule has 2 aromatic heterocycles. The molecule has 0 aliphatic heterocycles. The minimum absolute atomic E-state index is 0.00699. The zero-order chi connectivity index (χ0) is 19.2. The summed E-state index contributed by atoms with van der Waals surface area (Å²) in [6, 6.07) is 9.53. The molecule has 3 aromatic rings. The summed E-state index contributed by atoms with van der Waals surface area (Å²) in [6.45, 7) is 2.57. The Morgan fingerprint density at radius 3 is 2.70 bits per heavy atom. The normalized spacial score (nSPS) is 12.1. The first-order valence-electron chi connectivity index (χ1n) is 8.77. The Bertz CT molecular complexity index is 894. The van der Waals surface area contributed by atoms with Crippen LogP contribution in [0.25, 0.3) is 10.8 Å². The van der Waals surface area contributed by atoms with Gasteiger partial charge >= 0.3 is 0 Å². The van der Waals surface area contributed by atoms with E-state index in [1.54, 1.807) is 18.5 Å². The summed E-state index contributed by atoms with van der Waals surface area (Å²) in [5.41, 5.74) is 3.07. The number of benzene rings is 1. The van der Waals surface area contributed by atoms with Crippen LogP contribution in [0, 0.1) is 6.92 Å². The third-order valence-electron chi connectivity index (χ3n) is 4.11. The Morgan fingerprint density at radius 1 is 1.22 bits per heavy atom. The predicted octanol–water partition coefficient (Wildman–Crippen LogP) is 2.87. The topological polar surface area (TPSA) is 71.0 Å². The van der Waals surface area contributed by atoms with Gasteiger partial charge in [0.05, 0.1) is 5.69 Å². The highest BCUT2D eigenvalue weighted by Crippen LogP contribution is 2.21. The van der Waals surface area contributed by atoms with E-state index in [1.807, 2.05) is 49.5 Å². The molecule has 0 saturated heterocycles. The number of aryl methyl sites for hydroxylation is 1. The molecule has 1 unspecified atom stereocenters. The maximum atomic E-state index is 12.7. The van der Waals surface area contributed by atoms with Gasteiger partial charge in [-0.15, -0.1) is 11.3 Å². The van der Waals surface area contributed by atoms with Crippen molar-refractivity contribution in [2.45, 2.75) is 19.4 Å². The summed E-state index contributed by atoms with van der Waals surface area (Å²) < 4.78 is 0. The number of carbonyl (C=O) groups excluding carboxylic acids is 1. The fraction of sp³-hybridized carbons (Fsp3) is 0.300. The van der Waals surface area contributed by atoms with Crippen LogP contribution in [-0.4, -0.2) is 46.4 Å². The van der Waals surface area contributed by atoms with Crippen LogP contribution in [0.2, 0.25) is 0 Å². The zero-order valence-electron chi connectivity index (χ0n) is 15.7.